The van der Waals surface area contributed by atoms with E-state index >= 15 is 0 Å². The lowest BCUT2D eigenvalue weighted by Gasteiger charge is -2.11. The van der Waals surface area contributed by atoms with Crippen LogP contribution in [0.3, 0.4) is 0 Å². The van der Waals surface area contributed by atoms with Crippen LogP contribution in [-0.2, 0) is 19.1 Å². The van der Waals surface area contributed by atoms with Crippen molar-refractivity contribution in [2.45, 2.75) is 213 Å². The Morgan fingerprint density at radius 2 is 0.744 bits per heavy atom. The molecule has 43 heavy (non-hydrogen) atoms. The second kappa shape index (κ2) is 37.4. The van der Waals surface area contributed by atoms with Gasteiger partial charge < -0.3 is 15.2 Å². The van der Waals surface area contributed by atoms with Crippen LogP contribution in [0.5, 0.6) is 0 Å². The van der Waals surface area contributed by atoms with Gasteiger partial charge in [0.15, 0.2) is 0 Å². The molecule has 0 aliphatic heterocycles. The van der Waals surface area contributed by atoms with Crippen LogP contribution in [-0.4, -0.2) is 31.2 Å². The molecule has 0 aliphatic carbocycles. The molecule has 0 heterocycles. The first-order chi connectivity index (χ1) is 20.6. The van der Waals surface area contributed by atoms with E-state index in [0.29, 0.717) is 13.2 Å². The molecule has 0 bridgehead atoms. The second-order valence-corrected chi connectivity index (χ2v) is 12.7. The predicted molar refractivity (Wildman–Crippen MR) is 187 cm³/mol. The van der Waals surface area contributed by atoms with Crippen LogP contribution in [0.2, 0.25) is 0 Å². The van der Waals surface area contributed by atoms with Gasteiger partial charge in [-0.25, -0.2) is 0 Å². The lowest BCUT2D eigenvalue weighted by atomic mass is 10.0. The third-order valence-electron chi connectivity index (χ3n) is 8.47. The second-order valence-electron chi connectivity index (χ2n) is 12.7. The van der Waals surface area contributed by atoms with Crippen LogP contribution in [0.25, 0.3) is 0 Å². The van der Waals surface area contributed by atoms with Crippen molar-refractivity contribution >= 4 is 24.3 Å². The smallest absolute Gasteiger partial charge is 0.322 e. The van der Waals surface area contributed by atoms with E-state index in [4.69, 9.17) is 15.2 Å². The maximum absolute atomic E-state index is 12.1. The molecule has 0 saturated heterocycles. The Morgan fingerprint density at radius 3 is 1.07 bits per heavy atom. The minimum Gasteiger partial charge on any atom is -0.466 e. The summed E-state index contributed by atoms with van der Waals surface area (Å²) in [5, 5.41) is 0. The number of hydrogen-bond donors (Lipinski definition) is 1. The molecule has 258 valence electrons. The van der Waals surface area contributed by atoms with Gasteiger partial charge in [0.1, 0.15) is 6.04 Å². The van der Waals surface area contributed by atoms with Gasteiger partial charge in [0.05, 0.1) is 13.2 Å². The number of halogens is 1. The number of esters is 2. The molecule has 0 fully saturated rings. The van der Waals surface area contributed by atoms with Gasteiger partial charge in [0, 0.05) is 6.42 Å². The van der Waals surface area contributed by atoms with Crippen LogP contribution >= 0.6 is 12.4 Å². The molecule has 6 heteroatoms. The van der Waals surface area contributed by atoms with Crippen LogP contribution in [0.4, 0.5) is 0 Å². The highest BCUT2D eigenvalue weighted by Crippen LogP contribution is 2.14. The summed E-state index contributed by atoms with van der Waals surface area (Å²) in [6.07, 6.45) is 37.0. The maximum atomic E-state index is 12.1. The van der Waals surface area contributed by atoms with E-state index < -0.39 is 12.0 Å². The van der Waals surface area contributed by atoms with E-state index in [1.54, 1.807) is 0 Å². The quantitative estimate of drug-likeness (QED) is 0.0564. The summed E-state index contributed by atoms with van der Waals surface area (Å²) >= 11 is 0. The first-order valence-electron chi connectivity index (χ1n) is 18.7. The van der Waals surface area contributed by atoms with Crippen molar-refractivity contribution in [1.29, 1.82) is 0 Å². The highest BCUT2D eigenvalue weighted by atomic mass is 35.5. The molecule has 0 unspecified atom stereocenters. The summed E-state index contributed by atoms with van der Waals surface area (Å²) in [7, 11) is 0. The zero-order valence-corrected chi connectivity index (χ0v) is 29.6. The van der Waals surface area contributed by atoms with Gasteiger partial charge in [0.2, 0.25) is 0 Å². The fourth-order valence-corrected chi connectivity index (χ4v) is 5.52. The van der Waals surface area contributed by atoms with Crippen LogP contribution in [0.1, 0.15) is 206 Å². The first-order valence-corrected chi connectivity index (χ1v) is 18.7. The Bertz CT molecular complexity index is 575. The topological polar surface area (TPSA) is 78.6 Å². The number of ether oxygens (including phenoxy) is 2. The minimum atomic E-state index is -0.745. The van der Waals surface area contributed by atoms with Gasteiger partial charge in [-0.1, -0.05) is 181 Å². The maximum Gasteiger partial charge on any atom is 0.322 e. The Balaban J connectivity index is 0. The fraction of sp³-hybridized carbons (Fsp3) is 0.946. The molecule has 0 rings (SSSR count). The van der Waals surface area contributed by atoms with Gasteiger partial charge in [-0.3, -0.25) is 9.59 Å². The molecule has 1 atom stereocenters. The summed E-state index contributed by atoms with van der Waals surface area (Å²) in [5.41, 5.74) is 5.93. The van der Waals surface area contributed by atoms with Gasteiger partial charge in [-0.05, 0) is 19.3 Å². The number of hydrogen-bond acceptors (Lipinski definition) is 5. The fourth-order valence-electron chi connectivity index (χ4n) is 5.52. The predicted octanol–water partition coefficient (Wildman–Crippen LogP) is 11.6. The lowest BCUT2D eigenvalue weighted by molar-refractivity contribution is -0.146. The van der Waals surface area contributed by atoms with Crippen molar-refractivity contribution in [3.05, 3.63) is 0 Å². The molecular weight excluding hydrogens is 558 g/mol. The Morgan fingerprint density at radius 1 is 0.465 bits per heavy atom. The highest BCUT2D eigenvalue weighted by molar-refractivity contribution is 5.85. The van der Waals surface area contributed by atoms with Crippen molar-refractivity contribution in [2.75, 3.05) is 13.2 Å². The highest BCUT2D eigenvalue weighted by Gasteiger charge is 2.17. The number of carbonyl (C=O) groups excluding carboxylic acids is 2. The molecule has 0 amide bonds. The Hall–Kier alpha value is -0.810. The first kappa shape index (κ1) is 44.3. The zero-order chi connectivity index (χ0) is 30.8. The van der Waals surface area contributed by atoms with E-state index in [-0.39, 0.29) is 31.2 Å². The minimum absolute atomic E-state index is 0. The molecule has 0 aliphatic rings. The molecule has 0 saturated carbocycles. The van der Waals surface area contributed by atoms with Crippen LogP contribution in [0, 0.1) is 0 Å². The number of unbranched alkanes of at least 4 members (excludes halogenated alkanes) is 26. The normalized spacial score (nSPS) is 11.7. The average molecular weight is 632 g/mol. The molecule has 0 aromatic rings. The average Bonchev–Trinajstić information content (AvgIpc) is 2.99. The van der Waals surface area contributed by atoms with Crippen molar-refractivity contribution in [2.24, 2.45) is 5.73 Å². The summed E-state index contributed by atoms with van der Waals surface area (Å²) in [5.74, 6) is -0.663. The van der Waals surface area contributed by atoms with Crippen LogP contribution < -0.4 is 5.73 Å². The number of carbonyl (C=O) groups is 2. The Kier molecular flexibility index (Phi) is 38.5. The van der Waals surface area contributed by atoms with E-state index in [9.17, 15) is 9.59 Å². The number of rotatable bonds is 34. The molecular formula is C37H74ClNO4. The van der Waals surface area contributed by atoms with E-state index in [2.05, 4.69) is 13.8 Å². The van der Waals surface area contributed by atoms with Gasteiger partial charge in [-0.2, -0.15) is 0 Å². The largest absolute Gasteiger partial charge is 0.466 e. The zero-order valence-electron chi connectivity index (χ0n) is 28.8. The summed E-state index contributed by atoms with van der Waals surface area (Å²) in [6.45, 7) is 5.43. The molecule has 0 aromatic heterocycles. The van der Waals surface area contributed by atoms with Gasteiger partial charge >= 0.3 is 11.9 Å². The number of nitrogens with two attached hydrogens (primary N) is 1. The Labute approximate surface area is 274 Å². The van der Waals surface area contributed by atoms with Crippen molar-refractivity contribution in [1.82, 2.24) is 0 Å². The third kappa shape index (κ3) is 35.5. The van der Waals surface area contributed by atoms with E-state index in [1.807, 2.05) is 0 Å². The summed E-state index contributed by atoms with van der Waals surface area (Å²) in [6, 6.07) is -0.745. The van der Waals surface area contributed by atoms with Crippen molar-refractivity contribution in [3.8, 4) is 0 Å². The molecule has 2 N–H and O–H groups in total. The lowest BCUT2D eigenvalue weighted by Crippen LogP contribution is -2.33. The standard InChI is InChI=1S/C37H73NO4.ClH/c1-3-5-7-9-11-13-15-17-19-21-23-25-27-29-33-41-36(39)32-31-35(38)37(40)42-34-30-28-26-24-22-20-18-16-14-12-10-8-6-4-2;/h35H,3-34,38H2,1-2H3;1H/t35-;/m0./s1. The SMILES string of the molecule is CCCCCCCCCCCCCCCCOC(=O)CC[C@H](N)C(=O)OCCCCCCCCCCCCCCCC.Cl. The summed E-state index contributed by atoms with van der Waals surface area (Å²) < 4.78 is 10.6. The van der Waals surface area contributed by atoms with Crippen molar-refractivity contribution in [3.63, 3.8) is 0 Å². The monoisotopic (exact) mass is 632 g/mol. The summed E-state index contributed by atoms with van der Waals surface area (Å²) in [4.78, 5) is 24.1. The van der Waals surface area contributed by atoms with E-state index in [0.717, 1.165) is 25.7 Å². The van der Waals surface area contributed by atoms with E-state index in [1.165, 1.54) is 154 Å². The molecule has 0 aromatic carbocycles. The van der Waals surface area contributed by atoms with Crippen LogP contribution in [0.15, 0.2) is 0 Å². The van der Waals surface area contributed by atoms with Gasteiger partial charge in [-0.15, -0.1) is 12.4 Å². The molecule has 0 radical (unpaired) electrons. The van der Waals surface area contributed by atoms with Crippen molar-refractivity contribution < 1.29 is 19.1 Å². The molecule has 0 spiro atoms. The van der Waals surface area contributed by atoms with Gasteiger partial charge in [0.25, 0.3) is 0 Å². The molecule has 5 nitrogen and oxygen atoms in total. The third-order valence-corrected chi connectivity index (χ3v) is 8.47.